The summed E-state index contributed by atoms with van der Waals surface area (Å²) in [6, 6.07) is 7.61. The SMILES string of the molecule is C#CCOc1c(/C=C2/SC(=O)N(CC(=O)Nc3ccc(Cl)c(C(=O)OCC)c3)C2=O)cc(Br)cc1OC. The Bertz CT molecular complexity index is 1340. The van der Waals surface area contributed by atoms with Crippen LogP contribution in [0, 0.1) is 12.3 Å². The number of hydrogen-bond donors (Lipinski definition) is 1. The van der Waals surface area contributed by atoms with E-state index in [0.29, 0.717) is 33.3 Å². The van der Waals surface area contributed by atoms with Crippen LogP contribution in [-0.2, 0) is 14.3 Å². The molecule has 0 radical (unpaired) electrons. The number of carbonyl (C=O) groups excluding carboxylic acids is 4. The Hall–Kier alpha value is -3.46. The van der Waals surface area contributed by atoms with E-state index in [-0.39, 0.29) is 34.4 Å². The lowest BCUT2D eigenvalue weighted by Gasteiger charge is -2.14. The lowest BCUT2D eigenvalue weighted by Crippen LogP contribution is -2.36. The smallest absolute Gasteiger partial charge is 0.339 e. The number of terminal acetylenes is 1. The van der Waals surface area contributed by atoms with Gasteiger partial charge in [0.05, 0.1) is 29.2 Å². The first kappa shape index (κ1) is 28.1. The zero-order valence-electron chi connectivity index (χ0n) is 19.6. The van der Waals surface area contributed by atoms with Crippen molar-refractivity contribution in [2.75, 3.05) is 32.2 Å². The Morgan fingerprint density at radius 2 is 2.03 bits per heavy atom. The lowest BCUT2D eigenvalue weighted by atomic mass is 10.1. The molecule has 9 nitrogen and oxygen atoms in total. The molecule has 0 unspecified atom stereocenters. The van der Waals surface area contributed by atoms with Crippen LogP contribution in [0.25, 0.3) is 6.08 Å². The van der Waals surface area contributed by atoms with Gasteiger partial charge >= 0.3 is 5.97 Å². The summed E-state index contributed by atoms with van der Waals surface area (Å²) in [4.78, 5) is 51.1. The first-order valence-corrected chi connectivity index (χ1v) is 12.6. The van der Waals surface area contributed by atoms with Crippen molar-refractivity contribution in [2.24, 2.45) is 0 Å². The highest BCUT2D eigenvalue weighted by atomic mass is 79.9. The molecule has 0 spiro atoms. The predicted molar refractivity (Wildman–Crippen MR) is 144 cm³/mol. The molecule has 1 aliphatic rings. The second kappa shape index (κ2) is 12.7. The number of halogens is 2. The monoisotopic (exact) mass is 606 g/mol. The Balaban J connectivity index is 1.79. The summed E-state index contributed by atoms with van der Waals surface area (Å²) in [7, 11) is 1.46. The Kier molecular flexibility index (Phi) is 9.63. The van der Waals surface area contributed by atoms with Crippen molar-refractivity contribution in [1.82, 2.24) is 4.90 Å². The number of anilines is 1. The molecule has 1 heterocycles. The van der Waals surface area contributed by atoms with Gasteiger partial charge in [-0.05, 0) is 55.1 Å². The Morgan fingerprint density at radius 1 is 1.27 bits per heavy atom. The number of carbonyl (C=O) groups is 4. The summed E-state index contributed by atoms with van der Waals surface area (Å²) >= 11 is 10.1. The highest BCUT2D eigenvalue weighted by molar-refractivity contribution is 9.10. The van der Waals surface area contributed by atoms with Crippen LogP contribution in [0.4, 0.5) is 10.5 Å². The van der Waals surface area contributed by atoms with Gasteiger partial charge in [-0.1, -0.05) is 33.5 Å². The number of methoxy groups -OCH3 is 1. The topological polar surface area (TPSA) is 111 Å². The molecule has 2 aromatic carbocycles. The van der Waals surface area contributed by atoms with Crippen LogP contribution in [0.2, 0.25) is 5.02 Å². The fraction of sp³-hybridized carbons (Fsp3) is 0.200. The van der Waals surface area contributed by atoms with Crippen LogP contribution in [0.1, 0.15) is 22.8 Å². The first-order chi connectivity index (χ1) is 17.7. The van der Waals surface area contributed by atoms with Crippen molar-refractivity contribution < 1.29 is 33.4 Å². The number of amides is 3. The van der Waals surface area contributed by atoms with E-state index in [4.69, 9.17) is 32.2 Å². The summed E-state index contributed by atoms with van der Waals surface area (Å²) in [5, 5.41) is 2.08. The fourth-order valence-corrected chi connectivity index (χ4v) is 4.68. The van der Waals surface area contributed by atoms with Crippen LogP contribution in [0.15, 0.2) is 39.7 Å². The molecule has 12 heteroatoms. The molecular formula is C25H20BrClN2O7S. The fourth-order valence-electron chi connectivity index (χ4n) is 3.21. The molecule has 37 heavy (non-hydrogen) atoms. The van der Waals surface area contributed by atoms with Gasteiger partial charge in [0.25, 0.3) is 11.1 Å². The molecule has 3 rings (SSSR count). The van der Waals surface area contributed by atoms with Gasteiger partial charge < -0.3 is 19.5 Å². The Labute approximate surface area is 230 Å². The van der Waals surface area contributed by atoms with Crippen molar-refractivity contribution in [3.8, 4) is 23.8 Å². The van der Waals surface area contributed by atoms with Crippen LogP contribution >= 0.6 is 39.3 Å². The number of esters is 1. The van der Waals surface area contributed by atoms with Crippen molar-refractivity contribution in [2.45, 2.75) is 6.92 Å². The Morgan fingerprint density at radius 3 is 2.70 bits per heavy atom. The van der Waals surface area contributed by atoms with E-state index in [1.807, 2.05) is 0 Å². The number of imide groups is 1. The summed E-state index contributed by atoms with van der Waals surface area (Å²) < 4.78 is 16.5. The lowest BCUT2D eigenvalue weighted by molar-refractivity contribution is -0.127. The molecule has 0 atom stereocenters. The van der Waals surface area contributed by atoms with E-state index < -0.39 is 29.6 Å². The van der Waals surface area contributed by atoms with E-state index in [0.717, 1.165) is 4.90 Å². The molecule has 0 saturated carbocycles. The number of nitrogens with one attached hydrogen (secondary N) is 1. The van der Waals surface area contributed by atoms with Gasteiger partial charge in [-0.3, -0.25) is 19.3 Å². The van der Waals surface area contributed by atoms with Crippen molar-refractivity contribution >= 4 is 74.1 Å². The molecule has 1 fully saturated rings. The van der Waals surface area contributed by atoms with Gasteiger partial charge in [-0.25, -0.2) is 4.79 Å². The van der Waals surface area contributed by atoms with Crippen LogP contribution < -0.4 is 14.8 Å². The zero-order valence-corrected chi connectivity index (χ0v) is 22.8. The first-order valence-electron chi connectivity index (χ1n) is 10.6. The minimum Gasteiger partial charge on any atom is -0.493 e. The predicted octanol–water partition coefficient (Wildman–Crippen LogP) is 4.97. The zero-order chi connectivity index (χ0) is 27.1. The average molecular weight is 608 g/mol. The number of thioether (sulfide) groups is 1. The largest absolute Gasteiger partial charge is 0.493 e. The molecule has 0 aromatic heterocycles. The third kappa shape index (κ3) is 6.85. The maximum atomic E-state index is 13.0. The molecule has 2 aromatic rings. The van der Waals surface area contributed by atoms with Crippen molar-refractivity contribution in [1.29, 1.82) is 0 Å². The maximum Gasteiger partial charge on any atom is 0.339 e. The molecule has 1 saturated heterocycles. The molecule has 3 amide bonds. The normalized spacial score (nSPS) is 13.9. The number of hydrogen-bond acceptors (Lipinski definition) is 8. The minimum absolute atomic E-state index is 0.0386. The standard InChI is InChI=1S/C25H20BrClN2O7S/c1-4-8-36-22-14(9-15(26)11-19(22)34-3)10-20-23(31)29(25(33)37-20)13-21(30)28-16-6-7-18(27)17(12-16)24(32)35-5-2/h1,6-7,9-12H,5,8,13H2,2-3H3,(H,28,30)/b20-10+. The van der Waals surface area contributed by atoms with Gasteiger partial charge in [0.2, 0.25) is 5.91 Å². The van der Waals surface area contributed by atoms with Gasteiger partial charge in [-0.15, -0.1) is 6.42 Å². The number of ether oxygens (including phenoxy) is 3. The van der Waals surface area contributed by atoms with E-state index >= 15 is 0 Å². The molecule has 192 valence electrons. The maximum absolute atomic E-state index is 13.0. The minimum atomic E-state index is -0.657. The molecule has 0 bridgehead atoms. The summed E-state index contributed by atoms with van der Waals surface area (Å²) in [5.74, 6) is 1.09. The summed E-state index contributed by atoms with van der Waals surface area (Å²) in [5.41, 5.74) is 0.767. The van der Waals surface area contributed by atoms with E-state index in [2.05, 4.69) is 27.2 Å². The molecule has 1 N–H and O–H groups in total. The second-order valence-corrected chi connectivity index (χ2v) is 9.57. The van der Waals surface area contributed by atoms with Crippen LogP contribution in [0.5, 0.6) is 11.5 Å². The van der Waals surface area contributed by atoms with Gasteiger partial charge in [0.15, 0.2) is 11.5 Å². The second-order valence-electron chi connectivity index (χ2n) is 7.25. The molecule has 0 aliphatic carbocycles. The van der Waals surface area contributed by atoms with E-state index in [1.165, 1.54) is 31.4 Å². The van der Waals surface area contributed by atoms with Gasteiger partial charge in [0, 0.05) is 15.7 Å². The summed E-state index contributed by atoms with van der Waals surface area (Å²) in [6.07, 6.45) is 6.76. The highest BCUT2D eigenvalue weighted by Crippen LogP contribution is 2.39. The third-order valence-electron chi connectivity index (χ3n) is 4.78. The highest BCUT2D eigenvalue weighted by Gasteiger charge is 2.36. The summed E-state index contributed by atoms with van der Waals surface area (Å²) in [6.45, 7) is 1.23. The van der Waals surface area contributed by atoms with Crippen LogP contribution in [0.3, 0.4) is 0 Å². The van der Waals surface area contributed by atoms with Crippen molar-refractivity contribution in [3.63, 3.8) is 0 Å². The van der Waals surface area contributed by atoms with Crippen LogP contribution in [-0.4, -0.2) is 54.8 Å². The number of nitrogens with zero attached hydrogens (tertiary/aromatic N) is 1. The van der Waals surface area contributed by atoms with E-state index in [9.17, 15) is 19.2 Å². The van der Waals surface area contributed by atoms with Gasteiger partial charge in [-0.2, -0.15) is 0 Å². The number of benzene rings is 2. The molecule has 1 aliphatic heterocycles. The molecular weight excluding hydrogens is 588 g/mol. The van der Waals surface area contributed by atoms with Crippen molar-refractivity contribution in [3.05, 3.63) is 55.9 Å². The number of rotatable bonds is 9. The van der Waals surface area contributed by atoms with E-state index in [1.54, 1.807) is 19.1 Å². The van der Waals surface area contributed by atoms with Gasteiger partial charge in [0.1, 0.15) is 13.2 Å². The quantitative estimate of drug-likeness (QED) is 0.242. The average Bonchev–Trinajstić information content (AvgIpc) is 3.11. The third-order valence-corrected chi connectivity index (χ3v) is 6.47.